The van der Waals surface area contributed by atoms with Gasteiger partial charge in [0.05, 0.1) is 0 Å². The van der Waals surface area contributed by atoms with E-state index in [1.165, 1.54) is 35.8 Å². The third-order valence-electron chi connectivity index (χ3n) is 4.52. The first-order chi connectivity index (χ1) is 10.8. The molecular weight excluding hydrogens is 278 g/mol. The smallest absolute Gasteiger partial charge is 0.241 e. The van der Waals surface area contributed by atoms with E-state index in [0.29, 0.717) is 6.54 Å². The summed E-state index contributed by atoms with van der Waals surface area (Å²) >= 11 is 0. The number of nitrogens with zero attached hydrogens (tertiary/aromatic N) is 4. The zero-order valence-electron chi connectivity index (χ0n) is 12.6. The SMILES string of the molecule is O=C(Cn1cnnn1)NCC1(c2ccccc2)CCCCC1. The van der Waals surface area contributed by atoms with Crippen molar-refractivity contribution in [2.75, 3.05) is 6.54 Å². The summed E-state index contributed by atoms with van der Waals surface area (Å²) in [5, 5.41) is 13.9. The quantitative estimate of drug-likeness (QED) is 0.912. The Kier molecular flexibility index (Phi) is 4.46. The minimum Gasteiger partial charge on any atom is -0.354 e. The lowest BCUT2D eigenvalue weighted by atomic mass is 9.69. The van der Waals surface area contributed by atoms with Gasteiger partial charge in [0.1, 0.15) is 12.9 Å². The standard InChI is InChI=1S/C16H21N5O/c22-15(11-21-13-18-19-20-21)17-12-16(9-5-2-6-10-16)14-7-3-1-4-8-14/h1,3-4,7-8,13H,2,5-6,9-12H2,(H,17,22). The monoisotopic (exact) mass is 299 g/mol. The molecule has 1 saturated carbocycles. The second-order valence-corrected chi connectivity index (χ2v) is 5.99. The van der Waals surface area contributed by atoms with Gasteiger partial charge in [-0.3, -0.25) is 4.79 Å². The molecule has 1 fully saturated rings. The molecule has 1 aromatic heterocycles. The second kappa shape index (κ2) is 6.68. The molecule has 2 aromatic rings. The third-order valence-corrected chi connectivity index (χ3v) is 4.52. The Morgan fingerprint density at radius 1 is 1.18 bits per heavy atom. The zero-order chi connectivity index (χ0) is 15.3. The molecule has 6 heteroatoms. The van der Waals surface area contributed by atoms with E-state index >= 15 is 0 Å². The van der Waals surface area contributed by atoms with Crippen molar-refractivity contribution >= 4 is 5.91 Å². The summed E-state index contributed by atoms with van der Waals surface area (Å²) in [4.78, 5) is 12.1. The molecule has 0 atom stereocenters. The highest BCUT2D eigenvalue weighted by molar-refractivity contribution is 5.75. The molecule has 0 aliphatic heterocycles. The molecule has 3 rings (SSSR count). The molecule has 0 radical (unpaired) electrons. The number of tetrazole rings is 1. The number of rotatable bonds is 5. The number of benzene rings is 1. The highest BCUT2D eigenvalue weighted by Gasteiger charge is 2.34. The highest BCUT2D eigenvalue weighted by atomic mass is 16.2. The molecule has 1 N–H and O–H groups in total. The Bertz CT molecular complexity index is 590. The molecule has 22 heavy (non-hydrogen) atoms. The first-order valence-electron chi connectivity index (χ1n) is 7.82. The summed E-state index contributed by atoms with van der Waals surface area (Å²) in [6, 6.07) is 10.6. The van der Waals surface area contributed by atoms with Crippen molar-refractivity contribution in [1.82, 2.24) is 25.5 Å². The molecule has 0 unspecified atom stereocenters. The van der Waals surface area contributed by atoms with Gasteiger partial charge >= 0.3 is 0 Å². The van der Waals surface area contributed by atoms with Crippen LogP contribution in [0.1, 0.15) is 37.7 Å². The van der Waals surface area contributed by atoms with Gasteiger partial charge < -0.3 is 5.32 Å². The summed E-state index contributed by atoms with van der Waals surface area (Å²) in [7, 11) is 0. The first-order valence-corrected chi connectivity index (χ1v) is 7.82. The molecule has 1 aliphatic carbocycles. The Morgan fingerprint density at radius 2 is 1.95 bits per heavy atom. The maximum absolute atomic E-state index is 12.1. The summed E-state index contributed by atoms with van der Waals surface area (Å²) < 4.78 is 1.44. The number of carbonyl (C=O) groups excluding carboxylic acids is 1. The van der Waals surface area contributed by atoms with Crippen LogP contribution in [0, 0.1) is 0 Å². The minimum atomic E-state index is -0.0480. The molecule has 1 aromatic carbocycles. The lowest BCUT2D eigenvalue weighted by Crippen LogP contribution is -2.43. The van der Waals surface area contributed by atoms with Crippen LogP contribution in [0.15, 0.2) is 36.7 Å². The predicted molar refractivity (Wildman–Crippen MR) is 82.0 cm³/mol. The van der Waals surface area contributed by atoms with Crippen molar-refractivity contribution in [1.29, 1.82) is 0 Å². The highest BCUT2D eigenvalue weighted by Crippen LogP contribution is 2.38. The van der Waals surface area contributed by atoms with Crippen molar-refractivity contribution in [2.24, 2.45) is 0 Å². The van der Waals surface area contributed by atoms with Gasteiger partial charge in [-0.2, -0.15) is 0 Å². The number of nitrogens with one attached hydrogen (secondary N) is 1. The molecular formula is C16H21N5O. The lowest BCUT2D eigenvalue weighted by Gasteiger charge is -2.38. The van der Waals surface area contributed by atoms with E-state index in [0.717, 1.165) is 12.8 Å². The number of aromatic nitrogens is 4. The molecule has 0 bridgehead atoms. The average Bonchev–Trinajstić information content (AvgIpc) is 3.08. The van der Waals surface area contributed by atoms with Gasteiger partial charge in [-0.05, 0) is 28.8 Å². The maximum Gasteiger partial charge on any atom is 0.241 e. The van der Waals surface area contributed by atoms with Crippen LogP contribution < -0.4 is 5.32 Å². The van der Waals surface area contributed by atoms with Gasteiger partial charge in [-0.25, -0.2) is 4.68 Å². The third kappa shape index (κ3) is 3.32. The number of hydrogen-bond donors (Lipinski definition) is 1. The number of carbonyl (C=O) groups is 1. The number of amides is 1. The van der Waals surface area contributed by atoms with Gasteiger partial charge in [-0.15, -0.1) is 5.10 Å². The Labute approximate surface area is 129 Å². The summed E-state index contributed by atoms with van der Waals surface area (Å²) in [6.45, 7) is 0.843. The molecule has 1 aliphatic rings. The Hall–Kier alpha value is -2.24. The Morgan fingerprint density at radius 3 is 2.64 bits per heavy atom. The molecule has 1 heterocycles. The summed E-state index contributed by atoms with van der Waals surface area (Å²) in [5.74, 6) is -0.0480. The molecule has 0 spiro atoms. The van der Waals surface area contributed by atoms with E-state index in [1.54, 1.807) is 0 Å². The van der Waals surface area contributed by atoms with Crippen molar-refractivity contribution in [2.45, 2.75) is 44.1 Å². The van der Waals surface area contributed by atoms with E-state index in [4.69, 9.17) is 0 Å². The van der Waals surface area contributed by atoms with Crippen LogP contribution in [0.4, 0.5) is 0 Å². The maximum atomic E-state index is 12.1. The topological polar surface area (TPSA) is 72.7 Å². The van der Waals surface area contributed by atoms with E-state index in [9.17, 15) is 4.79 Å². The van der Waals surface area contributed by atoms with Crippen LogP contribution in [0.5, 0.6) is 0 Å². The molecule has 0 saturated heterocycles. The minimum absolute atomic E-state index is 0.0480. The van der Waals surface area contributed by atoms with Gasteiger partial charge in [0.2, 0.25) is 5.91 Å². The predicted octanol–water partition coefficient (Wildman–Crippen LogP) is 1.69. The van der Waals surface area contributed by atoms with Gasteiger partial charge in [0.15, 0.2) is 0 Å². The summed E-state index contributed by atoms with van der Waals surface area (Å²) in [6.07, 6.45) is 7.43. The fourth-order valence-corrected chi connectivity index (χ4v) is 3.31. The zero-order valence-corrected chi connectivity index (χ0v) is 12.6. The van der Waals surface area contributed by atoms with Crippen LogP contribution >= 0.6 is 0 Å². The van der Waals surface area contributed by atoms with E-state index in [2.05, 4.69) is 45.1 Å². The van der Waals surface area contributed by atoms with Crippen LogP contribution in [0.25, 0.3) is 0 Å². The summed E-state index contributed by atoms with van der Waals surface area (Å²) in [5.41, 5.74) is 1.40. The molecule has 116 valence electrons. The van der Waals surface area contributed by atoms with Crippen LogP contribution in [-0.4, -0.2) is 32.7 Å². The molecule has 6 nitrogen and oxygen atoms in total. The van der Waals surface area contributed by atoms with Crippen LogP contribution in [0.3, 0.4) is 0 Å². The normalized spacial score (nSPS) is 17.1. The van der Waals surface area contributed by atoms with E-state index < -0.39 is 0 Å². The van der Waals surface area contributed by atoms with Gasteiger partial charge in [-0.1, -0.05) is 49.6 Å². The van der Waals surface area contributed by atoms with Crippen LogP contribution in [-0.2, 0) is 16.8 Å². The van der Waals surface area contributed by atoms with Gasteiger partial charge in [0, 0.05) is 12.0 Å². The fourth-order valence-electron chi connectivity index (χ4n) is 3.31. The van der Waals surface area contributed by atoms with Crippen molar-refractivity contribution < 1.29 is 4.79 Å². The van der Waals surface area contributed by atoms with Gasteiger partial charge in [0.25, 0.3) is 0 Å². The average molecular weight is 299 g/mol. The lowest BCUT2D eigenvalue weighted by molar-refractivity contribution is -0.122. The van der Waals surface area contributed by atoms with Crippen molar-refractivity contribution in [3.05, 3.63) is 42.2 Å². The van der Waals surface area contributed by atoms with Crippen LogP contribution in [0.2, 0.25) is 0 Å². The number of hydrogen-bond acceptors (Lipinski definition) is 4. The second-order valence-electron chi connectivity index (χ2n) is 5.99. The van der Waals surface area contributed by atoms with Crippen molar-refractivity contribution in [3.63, 3.8) is 0 Å². The Balaban J connectivity index is 1.67. The van der Waals surface area contributed by atoms with E-state index in [-0.39, 0.29) is 17.9 Å². The van der Waals surface area contributed by atoms with Crippen molar-refractivity contribution in [3.8, 4) is 0 Å². The molecule has 1 amide bonds. The largest absolute Gasteiger partial charge is 0.354 e. The fraction of sp³-hybridized carbons (Fsp3) is 0.500. The van der Waals surface area contributed by atoms with E-state index in [1.807, 2.05) is 6.07 Å². The first kappa shape index (κ1) is 14.7.